The van der Waals surface area contributed by atoms with Gasteiger partial charge >= 0.3 is 0 Å². The molecule has 0 amide bonds. The van der Waals surface area contributed by atoms with E-state index in [0.717, 1.165) is 25.8 Å². The molecule has 0 saturated carbocycles. The first-order chi connectivity index (χ1) is 7.47. The topological polar surface area (TPSA) is 32.7 Å². The summed E-state index contributed by atoms with van der Waals surface area (Å²) in [4.78, 5) is 2.46. The van der Waals surface area contributed by atoms with E-state index >= 15 is 0 Å². The zero-order valence-corrected chi connectivity index (χ0v) is 10.8. The molecule has 2 atom stereocenters. The van der Waals surface area contributed by atoms with Gasteiger partial charge in [-0.25, -0.2) is 0 Å². The largest absolute Gasteiger partial charge is 0.388 e. The molecule has 94 valence electrons. The van der Waals surface area contributed by atoms with Crippen molar-refractivity contribution in [2.45, 2.75) is 63.2 Å². The van der Waals surface area contributed by atoms with Gasteiger partial charge in [-0.2, -0.15) is 0 Å². The summed E-state index contributed by atoms with van der Waals surface area (Å²) in [5, 5.41) is 10.7. The van der Waals surface area contributed by atoms with E-state index in [-0.39, 0.29) is 5.60 Å². The molecule has 0 aliphatic carbocycles. The van der Waals surface area contributed by atoms with Crippen LogP contribution in [0.1, 0.15) is 46.0 Å². The first-order valence-corrected chi connectivity index (χ1v) is 6.48. The number of methoxy groups -OCH3 is 1. The van der Waals surface area contributed by atoms with Crippen LogP contribution in [0.3, 0.4) is 0 Å². The first kappa shape index (κ1) is 12.3. The van der Waals surface area contributed by atoms with Gasteiger partial charge in [0.05, 0.1) is 11.2 Å². The Morgan fingerprint density at radius 2 is 2.19 bits per heavy atom. The molecule has 0 bridgehead atoms. The highest BCUT2D eigenvalue weighted by Crippen LogP contribution is 2.39. The van der Waals surface area contributed by atoms with Crippen molar-refractivity contribution in [3.63, 3.8) is 0 Å². The standard InChI is InChI=1S/C13H25NO2/c1-12(2,16-3)6-7-13(15)8-10-14-9-4-5-11(13)14/h11,15H,4-10H2,1-3H3. The molecular formula is C13H25NO2. The van der Waals surface area contributed by atoms with Gasteiger partial charge in [-0.3, -0.25) is 4.90 Å². The monoisotopic (exact) mass is 227 g/mol. The third-order valence-electron chi connectivity index (χ3n) is 4.53. The van der Waals surface area contributed by atoms with Gasteiger partial charge < -0.3 is 9.84 Å². The van der Waals surface area contributed by atoms with Crippen LogP contribution in [0.5, 0.6) is 0 Å². The minimum atomic E-state index is -0.452. The van der Waals surface area contributed by atoms with E-state index in [4.69, 9.17) is 4.74 Å². The number of hydrogen-bond donors (Lipinski definition) is 1. The molecule has 3 nitrogen and oxygen atoms in total. The maximum atomic E-state index is 10.7. The van der Waals surface area contributed by atoms with Gasteiger partial charge in [0.1, 0.15) is 0 Å². The summed E-state index contributed by atoms with van der Waals surface area (Å²) in [5.74, 6) is 0. The van der Waals surface area contributed by atoms with Crippen LogP contribution in [0.4, 0.5) is 0 Å². The summed E-state index contributed by atoms with van der Waals surface area (Å²) < 4.78 is 5.43. The van der Waals surface area contributed by atoms with Gasteiger partial charge in [-0.1, -0.05) is 0 Å². The van der Waals surface area contributed by atoms with E-state index in [1.54, 1.807) is 7.11 Å². The molecule has 2 fully saturated rings. The molecule has 3 heteroatoms. The Morgan fingerprint density at radius 3 is 2.88 bits per heavy atom. The normalized spacial score (nSPS) is 35.6. The van der Waals surface area contributed by atoms with Crippen LogP contribution in [-0.4, -0.2) is 47.4 Å². The number of nitrogens with zero attached hydrogens (tertiary/aromatic N) is 1. The Morgan fingerprint density at radius 1 is 1.44 bits per heavy atom. The lowest BCUT2D eigenvalue weighted by Gasteiger charge is -2.33. The van der Waals surface area contributed by atoms with Crippen molar-refractivity contribution >= 4 is 0 Å². The molecule has 1 N–H and O–H groups in total. The van der Waals surface area contributed by atoms with E-state index in [9.17, 15) is 5.11 Å². The highest BCUT2D eigenvalue weighted by atomic mass is 16.5. The third-order valence-corrected chi connectivity index (χ3v) is 4.53. The fourth-order valence-corrected chi connectivity index (χ4v) is 3.12. The summed E-state index contributed by atoms with van der Waals surface area (Å²) in [6.45, 7) is 6.45. The maximum absolute atomic E-state index is 10.7. The number of hydrogen-bond acceptors (Lipinski definition) is 3. The fourth-order valence-electron chi connectivity index (χ4n) is 3.12. The summed E-state index contributed by atoms with van der Waals surface area (Å²) in [6.07, 6.45) is 5.17. The Balaban J connectivity index is 1.93. The lowest BCUT2D eigenvalue weighted by molar-refractivity contribution is -0.0369. The molecule has 2 saturated heterocycles. The lowest BCUT2D eigenvalue weighted by Crippen LogP contribution is -2.42. The predicted octanol–water partition coefficient (Wildman–Crippen LogP) is 1.79. The van der Waals surface area contributed by atoms with Gasteiger partial charge in [0.25, 0.3) is 0 Å². The average Bonchev–Trinajstić information content (AvgIpc) is 2.82. The minimum absolute atomic E-state index is 0.109. The molecular weight excluding hydrogens is 202 g/mol. The van der Waals surface area contributed by atoms with Crippen molar-refractivity contribution in [2.24, 2.45) is 0 Å². The van der Waals surface area contributed by atoms with E-state index < -0.39 is 5.60 Å². The SMILES string of the molecule is COC(C)(C)CCC1(O)CCN2CCCC21. The van der Waals surface area contributed by atoms with Crippen molar-refractivity contribution in [3.8, 4) is 0 Å². The first-order valence-electron chi connectivity index (χ1n) is 6.48. The molecule has 0 aromatic heterocycles. The van der Waals surface area contributed by atoms with E-state index in [1.165, 1.54) is 19.4 Å². The number of ether oxygens (including phenoxy) is 1. The predicted molar refractivity (Wildman–Crippen MR) is 64.5 cm³/mol. The van der Waals surface area contributed by atoms with Gasteiger partial charge in [-0.15, -0.1) is 0 Å². The van der Waals surface area contributed by atoms with Crippen molar-refractivity contribution in [1.29, 1.82) is 0 Å². The highest BCUT2D eigenvalue weighted by Gasteiger charge is 2.47. The number of fused-ring (bicyclic) bond motifs is 1. The number of rotatable bonds is 4. The van der Waals surface area contributed by atoms with Crippen LogP contribution >= 0.6 is 0 Å². The third kappa shape index (κ3) is 2.27. The zero-order chi connectivity index (χ0) is 11.8. The van der Waals surface area contributed by atoms with Crippen molar-refractivity contribution in [1.82, 2.24) is 4.90 Å². The molecule has 0 aromatic carbocycles. The Hall–Kier alpha value is -0.120. The minimum Gasteiger partial charge on any atom is -0.388 e. The Labute approximate surface area is 98.8 Å². The molecule has 0 radical (unpaired) electrons. The molecule has 16 heavy (non-hydrogen) atoms. The van der Waals surface area contributed by atoms with Crippen molar-refractivity contribution in [3.05, 3.63) is 0 Å². The molecule has 2 rings (SSSR count). The molecule has 2 aliphatic rings. The number of aliphatic hydroxyl groups is 1. The summed E-state index contributed by atoms with van der Waals surface area (Å²) >= 11 is 0. The molecule has 0 spiro atoms. The van der Waals surface area contributed by atoms with Crippen molar-refractivity contribution in [2.75, 3.05) is 20.2 Å². The van der Waals surface area contributed by atoms with Gasteiger partial charge in [0, 0.05) is 19.7 Å². The van der Waals surface area contributed by atoms with Crippen LogP contribution in [-0.2, 0) is 4.74 Å². The molecule has 2 aliphatic heterocycles. The Bertz CT molecular complexity index is 254. The van der Waals surface area contributed by atoms with E-state index in [1.807, 2.05) is 0 Å². The van der Waals surface area contributed by atoms with Gasteiger partial charge in [-0.05, 0) is 52.5 Å². The van der Waals surface area contributed by atoms with Gasteiger partial charge in [0.2, 0.25) is 0 Å². The summed E-state index contributed by atoms with van der Waals surface area (Å²) in [6, 6.07) is 0.417. The highest BCUT2D eigenvalue weighted by molar-refractivity contribution is 5.03. The van der Waals surface area contributed by atoms with E-state index in [0.29, 0.717) is 6.04 Å². The Kier molecular flexibility index (Phi) is 3.30. The zero-order valence-electron chi connectivity index (χ0n) is 10.8. The quantitative estimate of drug-likeness (QED) is 0.795. The molecule has 2 unspecified atom stereocenters. The van der Waals surface area contributed by atoms with Crippen LogP contribution in [0.25, 0.3) is 0 Å². The molecule has 0 aromatic rings. The lowest BCUT2D eigenvalue weighted by atomic mass is 9.84. The smallest absolute Gasteiger partial charge is 0.0815 e. The summed E-state index contributed by atoms with van der Waals surface area (Å²) in [5.41, 5.74) is -0.561. The second-order valence-corrected chi connectivity index (χ2v) is 6.01. The molecule has 2 heterocycles. The fraction of sp³-hybridized carbons (Fsp3) is 1.00. The second-order valence-electron chi connectivity index (χ2n) is 6.01. The average molecular weight is 227 g/mol. The van der Waals surface area contributed by atoms with Gasteiger partial charge in [0.15, 0.2) is 0 Å². The van der Waals surface area contributed by atoms with Crippen LogP contribution in [0.15, 0.2) is 0 Å². The van der Waals surface area contributed by atoms with Crippen LogP contribution in [0.2, 0.25) is 0 Å². The summed E-state index contributed by atoms with van der Waals surface area (Å²) in [7, 11) is 1.75. The van der Waals surface area contributed by atoms with Crippen LogP contribution in [0, 0.1) is 0 Å². The van der Waals surface area contributed by atoms with Crippen LogP contribution < -0.4 is 0 Å². The maximum Gasteiger partial charge on any atom is 0.0815 e. The van der Waals surface area contributed by atoms with Crippen molar-refractivity contribution < 1.29 is 9.84 Å². The second kappa shape index (κ2) is 4.28. The van der Waals surface area contributed by atoms with E-state index in [2.05, 4.69) is 18.7 Å².